The summed E-state index contributed by atoms with van der Waals surface area (Å²) in [7, 11) is 0. The molecule has 0 aromatic carbocycles. The van der Waals surface area contributed by atoms with Gasteiger partial charge in [-0.1, -0.05) is 5.92 Å². The summed E-state index contributed by atoms with van der Waals surface area (Å²) in [4.78, 5) is 10.4. The van der Waals surface area contributed by atoms with Crippen LogP contribution in [0.25, 0.3) is 0 Å². The maximum absolute atomic E-state index is 12.7. The van der Waals surface area contributed by atoms with E-state index in [1.165, 1.54) is 0 Å². The number of cyclic esters (lactones) is 2. The van der Waals surface area contributed by atoms with Crippen molar-refractivity contribution in [2.24, 2.45) is 0 Å². The molecule has 7 heteroatoms. The molecule has 1 aliphatic heterocycles. The average molecular weight is 212 g/mol. The molecule has 0 saturated carbocycles. The van der Waals surface area contributed by atoms with Crippen molar-refractivity contribution in [2.45, 2.75) is 24.6 Å². The van der Waals surface area contributed by atoms with E-state index >= 15 is 0 Å². The Morgan fingerprint density at radius 1 is 1.43 bits per heavy atom. The molecule has 1 heterocycles. The Morgan fingerprint density at radius 3 is 2.43 bits per heavy atom. The SMILES string of the molecule is C#CC1OC(=O)OC1C(F)(F)C(F)F. The van der Waals surface area contributed by atoms with Gasteiger partial charge in [-0.05, 0) is 0 Å². The van der Waals surface area contributed by atoms with Gasteiger partial charge in [0.2, 0.25) is 12.2 Å². The molecule has 0 amide bonds. The van der Waals surface area contributed by atoms with Gasteiger partial charge >= 0.3 is 18.5 Å². The highest BCUT2D eigenvalue weighted by Gasteiger charge is 2.58. The van der Waals surface area contributed by atoms with Crippen molar-refractivity contribution in [1.29, 1.82) is 0 Å². The predicted octanol–water partition coefficient (Wildman–Crippen LogP) is 1.42. The minimum absolute atomic E-state index is 1.47. The molecule has 0 N–H and O–H groups in total. The fourth-order valence-corrected chi connectivity index (χ4v) is 0.885. The molecule has 0 radical (unpaired) electrons. The number of ether oxygens (including phenoxy) is 2. The fourth-order valence-electron chi connectivity index (χ4n) is 0.885. The topological polar surface area (TPSA) is 35.5 Å². The maximum atomic E-state index is 12.7. The van der Waals surface area contributed by atoms with Gasteiger partial charge in [0.25, 0.3) is 0 Å². The Labute approximate surface area is 76.0 Å². The number of carbonyl (C=O) groups is 1. The highest BCUT2D eigenvalue weighted by atomic mass is 19.3. The van der Waals surface area contributed by atoms with Crippen LogP contribution in [0.5, 0.6) is 0 Å². The first kappa shape index (κ1) is 10.6. The Morgan fingerprint density at radius 2 is 2.00 bits per heavy atom. The molecule has 2 unspecified atom stereocenters. The lowest BCUT2D eigenvalue weighted by atomic mass is 10.1. The third-order valence-corrected chi connectivity index (χ3v) is 1.56. The molecule has 1 rings (SSSR count). The van der Waals surface area contributed by atoms with Crippen molar-refractivity contribution in [3.8, 4) is 12.3 Å². The summed E-state index contributed by atoms with van der Waals surface area (Å²) in [6.45, 7) is 0. The van der Waals surface area contributed by atoms with Gasteiger partial charge in [-0.25, -0.2) is 13.6 Å². The lowest BCUT2D eigenvalue weighted by Gasteiger charge is -2.21. The van der Waals surface area contributed by atoms with Gasteiger partial charge in [-0.15, -0.1) is 6.42 Å². The zero-order valence-corrected chi connectivity index (χ0v) is 6.55. The summed E-state index contributed by atoms with van der Waals surface area (Å²) in [5, 5.41) is 0. The number of halogens is 4. The van der Waals surface area contributed by atoms with Crippen LogP contribution >= 0.6 is 0 Å². The van der Waals surface area contributed by atoms with Crippen LogP contribution in [-0.4, -0.2) is 30.7 Å². The van der Waals surface area contributed by atoms with E-state index in [-0.39, 0.29) is 0 Å². The van der Waals surface area contributed by atoms with Gasteiger partial charge in [-0.3, -0.25) is 0 Å². The Kier molecular flexibility index (Phi) is 2.55. The van der Waals surface area contributed by atoms with E-state index in [4.69, 9.17) is 6.42 Å². The number of rotatable bonds is 2. The summed E-state index contributed by atoms with van der Waals surface area (Å²) in [5.41, 5.74) is 0. The molecule has 1 fully saturated rings. The van der Waals surface area contributed by atoms with E-state index in [1.54, 1.807) is 5.92 Å². The van der Waals surface area contributed by atoms with Gasteiger partial charge in [-0.2, -0.15) is 8.78 Å². The summed E-state index contributed by atoms with van der Waals surface area (Å²) < 4.78 is 56.9. The Hall–Kier alpha value is -1.45. The average Bonchev–Trinajstić information content (AvgIpc) is 2.46. The van der Waals surface area contributed by atoms with E-state index in [2.05, 4.69) is 9.47 Å². The third-order valence-electron chi connectivity index (χ3n) is 1.56. The van der Waals surface area contributed by atoms with Gasteiger partial charge in [0.1, 0.15) is 0 Å². The molecule has 0 aromatic rings. The zero-order valence-electron chi connectivity index (χ0n) is 6.55. The zero-order chi connectivity index (χ0) is 10.9. The van der Waals surface area contributed by atoms with Crippen molar-refractivity contribution in [3.05, 3.63) is 0 Å². The van der Waals surface area contributed by atoms with Crippen LogP contribution in [0.4, 0.5) is 22.4 Å². The largest absolute Gasteiger partial charge is 0.510 e. The van der Waals surface area contributed by atoms with Crippen LogP contribution in [0, 0.1) is 12.3 Å². The minimum Gasteiger partial charge on any atom is -0.419 e. The normalized spacial score (nSPS) is 27.0. The van der Waals surface area contributed by atoms with E-state index in [9.17, 15) is 22.4 Å². The van der Waals surface area contributed by atoms with Gasteiger partial charge in [0.15, 0.2) is 0 Å². The second-order valence-electron chi connectivity index (χ2n) is 2.47. The summed E-state index contributed by atoms with van der Waals surface area (Å²) in [5.74, 6) is -2.89. The molecule has 3 nitrogen and oxygen atoms in total. The van der Waals surface area contributed by atoms with Crippen LogP contribution in [0.2, 0.25) is 0 Å². The smallest absolute Gasteiger partial charge is 0.419 e. The van der Waals surface area contributed by atoms with Crippen LogP contribution in [0.1, 0.15) is 0 Å². The molecule has 1 saturated heterocycles. The molecular formula is C7H4F4O3. The first-order valence-electron chi connectivity index (χ1n) is 3.39. The third kappa shape index (κ3) is 1.60. The standard InChI is InChI=1S/C7H4F4O3/c1-2-3-4(14-6(12)13-3)7(10,11)5(8)9/h1,3-5H. The van der Waals surface area contributed by atoms with Crippen molar-refractivity contribution >= 4 is 6.16 Å². The van der Waals surface area contributed by atoms with Crippen LogP contribution < -0.4 is 0 Å². The Balaban J connectivity index is 2.87. The first-order chi connectivity index (χ1) is 6.39. The highest BCUT2D eigenvalue weighted by Crippen LogP contribution is 2.34. The molecule has 14 heavy (non-hydrogen) atoms. The van der Waals surface area contributed by atoms with Crippen LogP contribution in [0.15, 0.2) is 0 Å². The molecule has 0 aromatic heterocycles. The number of alkyl halides is 4. The van der Waals surface area contributed by atoms with Gasteiger partial charge in [0, 0.05) is 0 Å². The van der Waals surface area contributed by atoms with Crippen LogP contribution in [0.3, 0.4) is 0 Å². The van der Waals surface area contributed by atoms with Crippen molar-refractivity contribution < 1.29 is 31.8 Å². The number of carbonyl (C=O) groups excluding carboxylic acids is 1. The second-order valence-corrected chi connectivity index (χ2v) is 2.47. The fraction of sp³-hybridized carbons (Fsp3) is 0.571. The van der Waals surface area contributed by atoms with Crippen molar-refractivity contribution in [1.82, 2.24) is 0 Å². The van der Waals surface area contributed by atoms with Gasteiger partial charge in [0.05, 0.1) is 0 Å². The monoisotopic (exact) mass is 212 g/mol. The number of terminal acetylenes is 1. The molecule has 1 aliphatic rings. The molecule has 78 valence electrons. The summed E-state index contributed by atoms with van der Waals surface area (Å²) >= 11 is 0. The predicted molar refractivity (Wildman–Crippen MR) is 34.9 cm³/mol. The molecule has 0 aliphatic carbocycles. The number of hydrogen-bond donors (Lipinski definition) is 0. The second kappa shape index (κ2) is 3.36. The lowest BCUT2D eigenvalue weighted by Crippen LogP contribution is -2.45. The maximum Gasteiger partial charge on any atom is 0.510 e. The van der Waals surface area contributed by atoms with Crippen LogP contribution in [-0.2, 0) is 9.47 Å². The number of hydrogen-bond acceptors (Lipinski definition) is 3. The summed E-state index contributed by atoms with van der Waals surface area (Å²) in [6, 6.07) is 0. The first-order valence-corrected chi connectivity index (χ1v) is 3.39. The van der Waals surface area contributed by atoms with Crippen molar-refractivity contribution in [3.63, 3.8) is 0 Å². The lowest BCUT2D eigenvalue weighted by molar-refractivity contribution is -0.186. The molecule has 0 spiro atoms. The van der Waals surface area contributed by atoms with Crippen molar-refractivity contribution in [2.75, 3.05) is 0 Å². The quantitative estimate of drug-likeness (QED) is 0.394. The van der Waals surface area contributed by atoms with Gasteiger partial charge < -0.3 is 9.47 Å². The van der Waals surface area contributed by atoms with E-state index in [0.29, 0.717) is 0 Å². The van der Waals surface area contributed by atoms with E-state index in [0.717, 1.165) is 0 Å². The van der Waals surface area contributed by atoms with E-state index in [1.807, 2.05) is 0 Å². The Bertz CT molecular complexity index is 283. The molecule has 0 bridgehead atoms. The highest BCUT2D eigenvalue weighted by molar-refractivity contribution is 5.63. The molecular weight excluding hydrogens is 208 g/mol. The van der Waals surface area contributed by atoms with E-state index < -0.39 is 30.7 Å². The minimum atomic E-state index is -4.51. The summed E-state index contributed by atoms with van der Waals surface area (Å²) in [6.07, 6.45) is -4.97. The molecule has 2 atom stereocenters.